The molecule has 184 valence electrons. The van der Waals surface area contributed by atoms with E-state index in [0.29, 0.717) is 23.2 Å². The molecule has 0 amide bonds. The molecular formula is C30H52O2. The van der Waals surface area contributed by atoms with Crippen molar-refractivity contribution in [3.63, 3.8) is 0 Å². The average Bonchev–Trinajstić information content (AvgIpc) is 3.06. The van der Waals surface area contributed by atoms with Crippen molar-refractivity contribution in [3.8, 4) is 0 Å². The fourth-order valence-electron chi connectivity index (χ4n) is 9.70. The smallest absolute Gasteiger partial charge is 0.0757 e. The van der Waals surface area contributed by atoms with Crippen LogP contribution in [-0.4, -0.2) is 22.4 Å². The van der Waals surface area contributed by atoms with Gasteiger partial charge in [0.05, 0.1) is 12.2 Å². The second kappa shape index (κ2) is 9.03. The van der Waals surface area contributed by atoms with Gasteiger partial charge < -0.3 is 10.2 Å². The van der Waals surface area contributed by atoms with Crippen LogP contribution in [0.3, 0.4) is 0 Å². The molecule has 0 bridgehead atoms. The lowest BCUT2D eigenvalue weighted by molar-refractivity contribution is -0.0972. The maximum absolute atomic E-state index is 11.4. The molecule has 0 heterocycles. The SMILES string of the molecule is CC(C)C(CCC(C)[C@H]1CCC2C3C(CC[C@@]21C)[C@@]1(C)CC[C@H](O)CC1=C[C@@H]3O)C(C)C. The summed E-state index contributed by atoms with van der Waals surface area (Å²) in [5.74, 6) is 5.67. The highest BCUT2D eigenvalue weighted by Gasteiger charge is 2.61. The minimum Gasteiger partial charge on any atom is -0.393 e. The molecule has 0 aromatic carbocycles. The molecule has 3 saturated carbocycles. The van der Waals surface area contributed by atoms with Gasteiger partial charge in [-0.3, -0.25) is 0 Å². The largest absolute Gasteiger partial charge is 0.393 e. The van der Waals surface area contributed by atoms with E-state index in [4.69, 9.17) is 0 Å². The quantitative estimate of drug-likeness (QED) is 0.424. The monoisotopic (exact) mass is 444 g/mol. The highest BCUT2D eigenvalue weighted by molar-refractivity contribution is 5.27. The first-order valence-electron chi connectivity index (χ1n) is 14.1. The first-order chi connectivity index (χ1) is 15.0. The molecule has 3 fully saturated rings. The molecule has 4 unspecified atom stereocenters. The summed E-state index contributed by atoms with van der Waals surface area (Å²) in [6.07, 6.45) is 12.5. The predicted octanol–water partition coefficient (Wildman–Crippen LogP) is 7.24. The Kier molecular flexibility index (Phi) is 6.99. The summed E-state index contributed by atoms with van der Waals surface area (Å²) in [6, 6.07) is 0. The summed E-state index contributed by atoms with van der Waals surface area (Å²) in [4.78, 5) is 0. The number of hydrogen-bond donors (Lipinski definition) is 2. The third kappa shape index (κ3) is 4.04. The first kappa shape index (κ1) is 24.8. The van der Waals surface area contributed by atoms with E-state index in [2.05, 4.69) is 54.5 Å². The van der Waals surface area contributed by atoms with Gasteiger partial charge in [0.2, 0.25) is 0 Å². The molecule has 0 aromatic rings. The summed E-state index contributed by atoms with van der Waals surface area (Å²) in [5.41, 5.74) is 1.96. The lowest BCUT2D eigenvalue weighted by atomic mass is 9.46. The number of rotatable bonds is 6. The molecule has 0 radical (unpaired) electrons. The van der Waals surface area contributed by atoms with Crippen molar-refractivity contribution in [2.45, 2.75) is 118 Å². The van der Waals surface area contributed by atoms with E-state index in [-0.39, 0.29) is 17.6 Å². The Balaban J connectivity index is 1.51. The number of hydrogen-bond acceptors (Lipinski definition) is 2. The first-order valence-corrected chi connectivity index (χ1v) is 14.1. The van der Waals surface area contributed by atoms with Gasteiger partial charge in [-0.25, -0.2) is 0 Å². The Morgan fingerprint density at radius 1 is 0.875 bits per heavy atom. The van der Waals surface area contributed by atoms with E-state index in [1.165, 1.54) is 44.1 Å². The summed E-state index contributed by atoms with van der Waals surface area (Å²) >= 11 is 0. The molecule has 9 atom stereocenters. The highest BCUT2D eigenvalue weighted by atomic mass is 16.3. The normalized spacial score (nSPS) is 44.9. The topological polar surface area (TPSA) is 40.5 Å². The zero-order valence-corrected chi connectivity index (χ0v) is 22.1. The van der Waals surface area contributed by atoms with Crippen molar-refractivity contribution in [1.29, 1.82) is 0 Å². The maximum atomic E-state index is 11.4. The van der Waals surface area contributed by atoms with Crippen LogP contribution in [-0.2, 0) is 0 Å². The summed E-state index contributed by atoms with van der Waals surface area (Å²) in [5, 5.41) is 21.6. The van der Waals surface area contributed by atoms with Crippen LogP contribution in [0, 0.1) is 58.2 Å². The Morgan fingerprint density at radius 2 is 1.56 bits per heavy atom. The number of aliphatic hydroxyl groups is 2. The fraction of sp³-hybridized carbons (Fsp3) is 0.933. The van der Waals surface area contributed by atoms with Crippen molar-refractivity contribution >= 4 is 0 Å². The molecule has 32 heavy (non-hydrogen) atoms. The Labute approximate surface area is 198 Å². The molecule has 2 N–H and O–H groups in total. The minimum atomic E-state index is -0.307. The molecule has 0 saturated heterocycles. The summed E-state index contributed by atoms with van der Waals surface area (Å²) in [7, 11) is 0. The van der Waals surface area contributed by atoms with E-state index in [1.807, 2.05) is 0 Å². The highest BCUT2D eigenvalue weighted by Crippen LogP contribution is 2.67. The summed E-state index contributed by atoms with van der Waals surface area (Å²) in [6.45, 7) is 17.2. The van der Waals surface area contributed by atoms with E-state index < -0.39 is 0 Å². The summed E-state index contributed by atoms with van der Waals surface area (Å²) < 4.78 is 0. The number of fused-ring (bicyclic) bond motifs is 5. The van der Waals surface area contributed by atoms with E-state index in [0.717, 1.165) is 48.9 Å². The van der Waals surface area contributed by atoms with Crippen LogP contribution in [0.4, 0.5) is 0 Å². The van der Waals surface area contributed by atoms with Crippen molar-refractivity contribution in [2.24, 2.45) is 58.2 Å². The van der Waals surface area contributed by atoms with Gasteiger partial charge in [0.1, 0.15) is 0 Å². The molecule has 4 rings (SSSR count). The lowest BCUT2D eigenvalue weighted by Gasteiger charge is -2.59. The number of aliphatic hydroxyl groups excluding tert-OH is 2. The second-order valence-corrected chi connectivity index (χ2v) is 13.7. The van der Waals surface area contributed by atoms with Crippen LogP contribution in [0.1, 0.15) is 106 Å². The van der Waals surface area contributed by atoms with Gasteiger partial charge >= 0.3 is 0 Å². The van der Waals surface area contributed by atoms with Gasteiger partial charge in [0.25, 0.3) is 0 Å². The molecular weight excluding hydrogens is 392 g/mol. The van der Waals surface area contributed by atoms with Crippen molar-refractivity contribution < 1.29 is 10.2 Å². The lowest BCUT2D eigenvalue weighted by Crippen LogP contribution is -2.55. The van der Waals surface area contributed by atoms with Crippen molar-refractivity contribution in [3.05, 3.63) is 11.6 Å². The van der Waals surface area contributed by atoms with Crippen molar-refractivity contribution in [1.82, 2.24) is 0 Å². The molecule has 2 heteroatoms. The van der Waals surface area contributed by atoms with Gasteiger partial charge in [0.15, 0.2) is 0 Å². The van der Waals surface area contributed by atoms with Crippen LogP contribution in [0.25, 0.3) is 0 Å². The van der Waals surface area contributed by atoms with Gasteiger partial charge in [0, 0.05) is 0 Å². The van der Waals surface area contributed by atoms with E-state index in [9.17, 15) is 10.2 Å². The zero-order valence-electron chi connectivity index (χ0n) is 22.1. The minimum absolute atomic E-state index is 0.204. The Hall–Kier alpha value is -0.340. The average molecular weight is 445 g/mol. The van der Waals surface area contributed by atoms with E-state index in [1.54, 1.807) is 0 Å². The van der Waals surface area contributed by atoms with Gasteiger partial charge in [-0.1, -0.05) is 66.5 Å². The van der Waals surface area contributed by atoms with Crippen LogP contribution in [0.2, 0.25) is 0 Å². The van der Waals surface area contributed by atoms with Crippen molar-refractivity contribution in [2.75, 3.05) is 0 Å². The Morgan fingerprint density at radius 3 is 2.22 bits per heavy atom. The standard InChI is InChI=1S/C30H52O2/c1-18(2)23(19(3)4)9-8-20(5)24-10-11-25-28-26(13-15-30(24,25)7)29(6)14-12-22(31)16-21(29)17-27(28)32/h17-20,22-28,31-32H,8-16H2,1-7H3/t20?,22-,24+,25?,26?,27-,28?,29-,30+/m0/s1. The molecule has 0 aromatic heterocycles. The second-order valence-electron chi connectivity index (χ2n) is 13.7. The molecule has 0 aliphatic heterocycles. The maximum Gasteiger partial charge on any atom is 0.0757 e. The molecule has 0 spiro atoms. The van der Waals surface area contributed by atoms with Gasteiger partial charge in [-0.05, 0) is 110 Å². The van der Waals surface area contributed by atoms with Crippen LogP contribution in [0.15, 0.2) is 11.6 Å². The van der Waals surface area contributed by atoms with Crippen LogP contribution < -0.4 is 0 Å². The van der Waals surface area contributed by atoms with Gasteiger partial charge in [-0.2, -0.15) is 0 Å². The zero-order chi connectivity index (χ0) is 23.4. The third-order valence-corrected chi connectivity index (χ3v) is 11.5. The van der Waals surface area contributed by atoms with Gasteiger partial charge in [-0.15, -0.1) is 0 Å². The van der Waals surface area contributed by atoms with Crippen LogP contribution in [0.5, 0.6) is 0 Å². The van der Waals surface area contributed by atoms with Crippen LogP contribution >= 0.6 is 0 Å². The fourth-order valence-corrected chi connectivity index (χ4v) is 9.70. The predicted molar refractivity (Wildman–Crippen MR) is 134 cm³/mol. The molecule has 4 aliphatic carbocycles. The van der Waals surface area contributed by atoms with E-state index >= 15 is 0 Å². The molecule has 4 aliphatic rings. The Bertz CT molecular complexity index is 687. The molecule has 2 nitrogen and oxygen atoms in total. The third-order valence-electron chi connectivity index (χ3n) is 11.5.